The number of nitrogens with one attached hydrogen (secondary N) is 1. The van der Waals surface area contributed by atoms with Crippen molar-refractivity contribution in [3.05, 3.63) is 34.7 Å². The third-order valence-electron chi connectivity index (χ3n) is 4.31. The zero-order valence-electron chi connectivity index (χ0n) is 12.4. The molecular formula is C16H21NO2S2. The first-order chi connectivity index (χ1) is 9.96. The van der Waals surface area contributed by atoms with Gasteiger partial charge in [0, 0.05) is 15.6 Å². The minimum atomic E-state index is -2.77. The van der Waals surface area contributed by atoms with E-state index in [9.17, 15) is 8.42 Å². The lowest BCUT2D eigenvalue weighted by Crippen LogP contribution is -2.26. The smallest absolute Gasteiger partial charge is 0.150 e. The van der Waals surface area contributed by atoms with Crippen molar-refractivity contribution in [2.75, 3.05) is 18.1 Å². The van der Waals surface area contributed by atoms with Crippen LogP contribution in [0.5, 0.6) is 0 Å². The molecule has 1 N–H and O–H groups in total. The molecule has 0 bridgehead atoms. The van der Waals surface area contributed by atoms with Gasteiger partial charge in [-0.25, -0.2) is 8.42 Å². The maximum absolute atomic E-state index is 11.5. The Bertz CT molecular complexity index is 749. The van der Waals surface area contributed by atoms with E-state index in [1.165, 1.54) is 20.5 Å². The van der Waals surface area contributed by atoms with Crippen LogP contribution in [0.1, 0.15) is 29.8 Å². The monoisotopic (exact) mass is 323 g/mol. The number of thiophene rings is 1. The largest absolute Gasteiger partial charge is 0.309 e. The van der Waals surface area contributed by atoms with Crippen molar-refractivity contribution in [2.24, 2.45) is 5.92 Å². The van der Waals surface area contributed by atoms with Crippen molar-refractivity contribution >= 4 is 31.3 Å². The summed E-state index contributed by atoms with van der Waals surface area (Å²) in [6, 6.07) is 8.75. The van der Waals surface area contributed by atoms with Gasteiger partial charge in [0.15, 0.2) is 9.84 Å². The summed E-state index contributed by atoms with van der Waals surface area (Å²) in [7, 11) is -2.77. The van der Waals surface area contributed by atoms with Crippen LogP contribution in [0.4, 0.5) is 0 Å². The summed E-state index contributed by atoms with van der Waals surface area (Å²) in [6.45, 7) is 5.13. The Balaban J connectivity index is 1.70. The molecule has 1 aromatic carbocycles. The van der Waals surface area contributed by atoms with Gasteiger partial charge in [0.25, 0.3) is 0 Å². The van der Waals surface area contributed by atoms with Crippen LogP contribution < -0.4 is 5.32 Å². The van der Waals surface area contributed by atoms with Crippen molar-refractivity contribution in [1.82, 2.24) is 5.32 Å². The number of aryl methyl sites for hydroxylation is 1. The predicted molar refractivity (Wildman–Crippen MR) is 89.7 cm³/mol. The first-order valence-electron chi connectivity index (χ1n) is 7.38. The molecule has 2 unspecified atom stereocenters. The van der Waals surface area contributed by atoms with Gasteiger partial charge in [-0.3, -0.25) is 0 Å². The average molecular weight is 323 g/mol. The molecule has 1 fully saturated rings. The number of sulfone groups is 1. The second kappa shape index (κ2) is 5.71. The van der Waals surface area contributed by atoms with Crippen LogP contribution in [0.2, 0.25) is 0 Å². The highest BCUT2D eigenvalue weighted by Gasteiger charge is 2.28. The SMILES string of the molecule is Cc1c(C(C)NCC2CCS(=O)(=O)C2)sc2ccccc12. The van der Waals surface area contributed by atoms with Crippen LogP contribution >= 0.6 is 11.3 Å². The lowest BCUT2D eigenvalue weighted by Gasteiger charge is -2.16. The molecule has 2 aromatic rings. The van der Waals surface area contributed by atoms with Crippen LogP contribution in [-0.2, 0) is 9.84 Å². The standard InChI is InChI=1S/C16H21NO2S2/c1-11-14-5-3-4-6-15(14)20-16(11)12(2)17-9-13-7-8-21(18,19)10-13/h3-6,12-13,17H,7-10H2,1-2H3. The van der Waals surface area contributed by atoms with E-state index in [0.29, 0.717) is 11.5 Å². The van der Waals surface area contributed by atoms with Crippen LogP contribution in [0.25, 0.3) is 10.1 Å². The van der Waals surface area contributed by atoms with Gasteiger partial charge in [-0.1, -0.05) is 18.2 Å². The molecule has 2 heterocycles. The molecule has 1 aromatic heterocycles. The maximum atomic E-state index is 11.5. The van der Waals surface area contributed by atoms with E-state index in [-0.39, 0.29) is 12.0 Å². The van der Waals surface area contributed by atoms with Gasteiger partial charge in [0.2, 0.25) is 0 Å². The van der Waals surface area contributed by atoms with Crippen LogP contribution in [0.3, 0.4) is 0 Å². The summed E-state index contributed by atoms with van der Waals surface area (Å²) in [5, 5.41) is 4.85. The van der Waals surface area contributed by atoms with E-state index in [2.05, 4.69) is 43.4 Å². The number of hydrogen-bond donors (Lipinski definition) is 1. The lowest BCUT2D eigenvalue weighted by molar-refractivity contribution is 0.479. The molecular weight excluding hydrogens is 302 g/mol. The summed E-state index contributed by atoms with van der Waals surface area (Å²) in [5.41, 5.74) is 1.34. The van der Waals surface area contributed by atoms with Gasteiger partial charge >= 0.3 is 0 Å². The fourth-order valence-electron chi connectivity index (χ4n) is 3.08. The summed E-state index contributed by atoms with van der Waals surface area (Å²) in [5.74, 6) is 0.973. The lowest BCUT2D eigenvalue weighted by atomic mass is 10.1. The Morgan fingerprint density at radius 1 is 1.38 bits per heavy atom. The highest BCUT2D eigenvalue weighted by Crippen LogP contribution is 2.34. The molecule has 3 nitrogen and oxygen atoms in total. The molecule has 0 amide bonds. The number of rotatable bonds is 4. The minimum Gasteiger partial charge on any atom is -0.309 e. The summed E-state index contributed by atoms with van der Waals surface area (Å²) >= 11 is 1.83. The fraction of sp³-hybridized carbons (Fsp3) is 0.500. The number of hydrogen-bond acceptors (Lipinski definition) is 4. The Morgan fingerprint density at radius 2 is 2.14 bits per heavy atom. The zero-order valence-corrected chi connectivity index (χ0v) is 14.1. The molecule has 0 spiro atoms. The zero-order chi connectivity index (χ0) is 15.0. The molecule has 2 atom stereocenters. The normalized spacial score (nSPS) is 22.7. The van der Waals surface area contributed by atoms with Crippen molar-refractivity contribution in [3.63, 3.8) is 0 Å². The molecule has 21 heavy (non-hydrogen) atoms. The molecule has 0 saturated carbocycles. The molecule has 3 rings (SSSR count). The summed E-state index contributed by atoms with van der Waals surface area (Å²) in [4.78, 5) is 1.36. The van der Waals surface area contributed by atoms with Gasteiger partial charge in [0.05, 0.1) is 11.5 Å². The Morgan fingerprint density at radius 3 is 2.81 bits per heavy atom. The maximum Gasteiger partial charge on any atom is 0.150 e. The third kappa shape index (κ3) is 3.15. The van der Waals surface area contributed by atoms with Gasteiger partial charge in [0.1, 0.15) is 0 Å². The molecule has 0 radical (unpaired) electrons. The second-order valence-corrected chi connectivity index (χ2v) is 9.30. The molecule has 114 valence electrons. The van der Waals surface area contributed by atoms with Crippen molar-refractivity contribution in [2.45, 2.75) is 26.3 Å². The molecule has 5 heteroatoms. The van der Waals surface area contributed by atoms with Crippen molar-refractivity contribution in [3.8, 4) is 0 Å². The molecule has 0 aliphatic carbocycles. The molecule has 1 aliphatic rings. The van der Waals surface area contributed by atoms with E-state index in [1.54, 1.807) is 0 Å². The van der Waals surface area contributed by atoms with E-state index in [0.717, 1.165) is 13.0 Å². The number of fused-ring (bicyclic) bond motifs is 1. The average Bonchev–Trinajstić information content (AvgIpc) is 2.97. The quantitative estimate of drug-likeness (QED) is 0.939. The fourth-order valence-corrected chi connectivity index (χ4v) is 6.18. The van der Waals surface area contributed by atoms with E-state index < -0.39 is 9.84 Å². The van der Waals surface area contributed by atoms with E-state index in [4.69, 9.17) is 0 Å². The minimum absolute atomic E-state index is 0.269. The first-order valence-corrected chi connectivity index (χ1v) is 10.0. The van der Waals surface area contributed by atoms with Crippen molar-refractivity contribution in [1.29, 1.82) is 0 Å². The van der Waals surface area contributed by atoms with Crippen LogP contribution in [0.15, 0.2) is 24.3 Å². The first kappa shape index (κ1) is 15.0. The van der Waals surface area contributed by atoms with Crippen molar-refractivity contribution < 1.29 is 8.42 Å². The van der Waals surface area contributed by atoms with Gasteiger partial charge in [-0.2, -0.15) is 0 Å². The second-order valence-electron chi connectivity index (χ2n) is 5.99. The highest BCUT2D eigenvalue weighted by atomic mass is 32.2. The molecule has 1 saturated heterocycles. The van der Waals surface area contributed by atoms with Gasteiger partial charge < -0.3 is 5.32 Å². The number of benzene rings is 1. The summed E-state index contributed by atoms with van der Waals surface area (Å²) in [6.07, 6.45) is 0.799. The third-order valence-corrected chi connectivity index (χ3v) is 7.61. The predicted octanol–water partition coefficient (Wildman–Crippen LogP) is 3.30. The molecule has 1 aliphatic heterocycles. The Kier molecular flexibility index (Phi) is 4.08. The van der Waals surface area contributed by atoms with Gasteiger partial charge in [-0.05, 0) is 49.7 Å². The van der Waals surface area contributed by atoms with Gasteiger partial charge in [-0.15, -0.1) is 11.3 Å². The Hall–Kier alpha value is -0.910. The van der Waals surface area contributed by atoms with E-state index >= 15 is 0 Å². The topological polar surface area (TPSA) is 46.2 Å². The highest BCUT2D eigenvalue weighted by molar-refractivity contribution is 7.91. The Labute approximate surface area is 130 Å². The summed E-state index contributed by atoms with van der Waals surface area (Å²) < 4.78 is 24.3. The van der Waals surface area contributed by atoms with Crippen LogP contribution in [0, 0.1) is 12.8 Å². The van der Waals surface area contributed by atoms with Crippen LogP contribution in [-0.4, -0.2) is 26.5 Å². The van der Waals surface area contributed by atoms with E-state index in [1.807, 2.05) is 11.3 Å².